The van der Waals surface area contributed by atoms with Crippen molar-refractivity contribution in [2.24, 2.45) is 17.3 Å². The van der Waals surface area contributed by atoms with Gasteiger partial charge in [-0.25, -0.2) is 0 Å². The molecule has 0 saturated heterocycles. The van der Waals surface area contributed by atoms with E-state index in [4.69, 9.17) is 9.83 Å². The van der Waals surface area contributed by atoms with Crippen molar-refractivity contribution in [3.8, 4) is 18.2 Å². The molecule has 24 heavy (non-hydrogen) atoms. The standard InChI is InChI=1S/C18H17N5O/c1-2-23-5-3-13-14(7-19)17(22)18(10-20,11-21)16(15(13)8-23)12-4-6-24-9-12/h3-4,6,9,14-16,22H,2,5,8H2,1H3/p+1/t14?,15-,16-/m0/s1. The molecular formula is C18H18N5O+. The molecule has 2 unspecified atom stereocenters. The van der Waals surface area contributed by atoms with Crippen LogP contribution in [0.4, 0.5) is 0 Å². The number of hydrogen-bond acceptors (Lipinski definition) is 5. The first-order valence-corrected chi connectivity index (χ1v) is 7.99. The zero-order valence-corrected chi connectivity index (χ0v) is 13.4. The Bertz CT molecular complexity index is 788. The van der Waals surface area contributed by atoms with E-state index >= 15 is 0 Å². The van der Waals surface area contributed by atoms with Crippen molar-refractivity contribution in [3.05, 3.63) is 35.8 Å². The summed E-state index contributed by atoms with van der Waals surface area (Å²) in [6.45, 7) is 4.57. The molecule has 0 radical (unpaired) electrons. The van der Waals surface area contributed by atoms with E-state index in [9.17, 15) is 15.8 Å². The first kappa shape index (κ1) is 16.0. The highest BCUT2D eigenvalue weighted by Crippen LogP contribution is 2.52. The molecule has 1 aromatic rings. The molecule has 3 rings (SSSR count). The number of nitrogens with zero attached hydrogens (tertiary/aromatic N) is 3. The van der Waals surface area contributed by atoms with Gasteiger partial charge in [0.05, 0.1) is 56.1 Å². The Morgan fingerprint density at radius 2 is 2.12 bits per heavy atom. The van der Waals surface area contributed by atoms with E-state index in [1.807, 2.05) is 6.08 Å². The lowest BCUT2D eigenvalue weighted by Crippen LogP contribution is -3.13. The van der Waals surface area contributed by atoms with Crippen LogP contribution in [0.3, 0.4) is 0 Å². The summed E-state index contributed by atoms with van der Waals surface area (Å²) in [5.74, 6) is -1.41. The molecule has 1 aliphatic heterocycles. The highest BCUT2D eigenvalue weighted by molar-refractivity contribution is 6.00. The van der Waals surface area contributed by atoms with Crippen molar-refractivity contribution < 1.29 is 9.32 Å². The van der Waals surface area contributed by atoms with E-state index in [-0.39, 0.29) is 11.6 Å². The maximum atomic E-state index is 9.83. The van der Waals surface area contributed by atoms with Crippen LogP contribution in [-0.2, 0) is 0 Å². The SMILES string of the molecule is CC[NH+]1CC=C2C(C#N)C(=N)C(C#N)(C#N)[C@@H](c3ccoc3)[C@H]2C1. The lowest BCUT2D eigenvalue weighted by atomic mass is 9.54. The summed E-state index contributed by atoms with van der Waals surface area (Å²) in [6, 6.07) is 8.04. The summed E-state index contributed by atoms with van der Waals surface area (Å²) >= 11 is 0. The molecule has 2 N–H and O–H groups in total. The third kappa shape index (κ3) is 2.07. The largest absolute Gasteiger partial charge is 0.472 e. The third-order valence-corrected chi connectivity index (χ3v) is 5.36. The smallest absolute Gasteiger partial charge is 0.190 e. The fourth-order valence-electron chi connectivity index (χ4n) is 4.08. The van der Waals surface area contributed by atoms with Gasteiger partial charge in [-0.3, -0.25) is 0 Å². The molecule has 4 atom stereocenters. The van der Waals surface area contributed by atoms with Crippen LogP contribution < -0.4 is 4.90 Å². The Kier molecular flexibility index (Phi) is 3.97. The van der Waals surface area contributed by atoms with E-state index in [1.165, 1.54) is 11.2 Å². The minimum absolute atomic E-state index is 0.108. The van der Waals surface area contributed by atoms with Gasteiger partial charge in [0.2, 0.25) is 0 Å². The van der Waals surface area contributed by atoms with Crippen molar-refractivity contribution >= 4 is 5.71 Å². The van der Waals surface area contributed by atoms with Crippen LogP contribution in [0.2, 0.25) is 0 Å². The van der Waals surface area contributed by atoms with Crippen molar-refractivity contribution in [1.82, 2.24) is 0 Å². The van der Waals surface area contributed by atoms with E-state index in [1.54, 1.807) is 12.3 Å². The number of quaternary nitrogens is 1. The molecule has 1 aliphatic carbocycles. The van der Waals surface area contributed by atoms with Gasteiger partial charge >= 0.3 is 0 Å². The van der Waals surface area contributed by atoms with Gasteiger partial charge in [-0.1, -0.05) is 0 Å². The van der Waals surface area contributed by atoms with Gasteiger partial charge in [0, 0.05) is 11.8 Å². The molecule has 0 amide bonds. The van der Waals surface area contributed by atoms with Crippen LogP contribution in [0.15, 0.2) is 34.7 Å². The van der Waals surface area contributed by atoms with Crippen LogP contribution in [-0.4, -0.2) is 25.3 Å². The van der Waals surface area contributed by atoms with Crippen LogP contribution in [0, 0.1) is 56.7 Å². The summed E-state index contributed by atoms with van der Waals surface area (Å²) in [5.41, 5.74) is -0.120. The van der Waals surface area contributed by atoms with E-state index in [0.717, 1.165) is 30.8 Å². The number of fused-ring (bicyclic) bond motifs is 1. The molecule has 1 saturated carbocycles. The van der Waals surface area contributed by atoms with Crippen LogP contribution in [0.25, 0.3) is 0 Å². The van der Waals surface area contributed by atoms with Gasteiger partial charge in [-0.2, -0.15) is 15.8 Å². The lowest BCUT2D eigenvalue weighted by Gasteiger charge is -2.45. The number of nitrogens with one attached hydrogen (secondary N) is 2. The highest BCUT2D eigenvalue weighted by atomic mass is 16.3. The number of nitriles is 3. The van der Waals surface area contributed by atoms with Crippen LogP contribution in [0.5, 0.6) is 0 Å². The van der Waals surface area contributed by atoms with E-state index in [2.05, 4.69) is 25.1 Å². The maximum absolute atomic E-state index is 9.83. The quantitative estimate of drug-likeness (QED) is 0.792. The molecule has 1 fully saturated rings. The maximum Gasteiger partial charge on any atom is 0.190 e. The Morgan fingerprint density at radius 1 is 1.38 bits per heavy atom. The first-order valence-electron chi connectivity index (χ1n) is 7.99. The summed E-state index contributed by atoms with van der Waals surface area (Å²) in [7, 11) is 0. The molecule has 2 aliphatic rings. The Labute approximate surface area is 140 Å². The summed E-state index contributed by atoms with van der Waals surface area (Å²) in [4.78, 5) is 1.34. The highest BCUT2D eigenvalue weighted by Gasteiger charge is 2.58. The van der Waals surface area contributed by atoms with Crippen molar-refractivity contribution in [2.45, 2.75) is 12.8 Å². The molecule has 6 nitrogen and oxygen atoms in total. The zero-order valence-electron chi connectivity index (χ0n) is 13.4. The molecule has 0 bridgehead atoms. The van der Waals surface area contributed by atoms with Crippen LogP contribution in [0.1, 0.15) is 18.4 Å². The fourth-order valence-corrected chi connectivity index (χ4v) is 4.08. The summed E-state index contributed by atoms with van der Waals surface area (Å²) in [5, 5.41) is 37.7. The second-order valence-electron chi connectivity index (χ2n) is 6.36. The average molecular weight is 320 g/mol. The van der Waals surface area contributed by atoms with Crippen LogP contribution >= 0.6 is 0 Å². The topological polar surface area (TPSA) is 113 Å². The number of rotatable bonds is 2. The van der Waals surface area contributed by atoms with Gasteiger partial charge in [0.1, 0.15) is 5.92 Å². The van der Waals surface area contributed by atoms with Gasteiger partial charge < -0.3 is 14.7 Å². The Hall–Kier alpha value is -2.88. The molecule has 2 heterocycles. The third-order valence-electron chi connectivity index (χ3n) is 5.36. The first-order chi connectivity index (χ1) is 11.6. The Balaban J connectivity index is 2.23. The summed E-state index contributed by atoms with van der Waals surface area (Å²) in [6.07, 6.45) is 5.10. The predicted molar refractivity (Wildman–Crippen MR) is 84.7 cm³/mol. The molecule has 120 valence electrons. The number of hydrogen-bond donors (Lipinski definition) is 2. The monoisotopic (exact) mass is 320 g/mol. The van der Waals surface area contributed by atoms with E-state index < -0.39 is 17.3 Å². The van der Waals surface area contributed by atoms with Crippen molar-refractivity contribution in [1.29, 1.82) is 21.2 Å². The second kappa shape index (κ2) is 5.96. The van der Waals surface area contributed by atoms with E-state index in [0.29, 0.717) is 0 Å². The zero-order chi connectivity index (χ0) is 17.3. The average Bonchev–Trinajstić information content (AvgIpc) is 3.14. The molecule has 0 spiro atoms. The Morgan fingerprint density at radius 3 is 2.67 bits per heavy atom. The summed E-state index contributed by atoms with van der Waals surface area (Å²) < 4.78 is 5.19. The van der Waals surface area contributed by atoms with Gasteiger partial charge in [-0.05, 0) is 30.2 Å². The normalized spacial score (nSPS) is 31.1. The molecule has 1 aromatic heterocycles. The molecule has 0 aromatic carbocycles. The minimum Gasteiger partial charge on any atom is -0.472 e. The predicted octanol–water partition coefficient (Wildman–Crippen LogP) is 1.03. The van der Waals surface area contributed by atoms with Crippen molar-refractivity contribution in [2.75, 3.05) is 19.6 Å². The molecular weight excluding hydrogens is 302 g/mol. The second-order valence-corrected chi connectivity index (χ2v) is 6.36. The molecule has 6 heteroatoms. The van der Waals surface area contributed by atoms with Crippen molar-refractivity contribution in [3.63, 3.8) is 0 Å². The number of furan rings is 1. The van der Waals surface area contributed by atoms with Gasteiger partial charge in [-0.15, -0.1) is 0 Å². The van der Waals surface area contributed by atoms with Gasteiger partial charge in [0.25, 0.3) is 0 Å². The van der Waals surface area contributed by atoms with Gasteiger partial charge in [0.15, 0.2) is 5.41 Å². The lowest BCUT2D eigenvalue weighted by molar-refractivity contribution is -0.897. The number of likely N-dealkylation sites (N-methyl/N-ethyl adjacent to an activating group) is 1. The minimum atomic E-state index is -1.64. The fraction of sp³-hybridized carbons (Fsp3) is 0.444.